The first-order chi connectivity index (χ1) is 13.6. The van der Waals surface area contributed by atoms with Crippen molar-refractivity contribution in [3.63, 3.8) is 0 Å². The summed E-state index contributed by atoms with van der Waals surface area (Å²) in [5.74, 6) is -1.60. The van der Waals surface area contributed by atoms with Crippen molar-refractivity contribution in [2.24, 2.45) is 0 Å². The summed E-state index contributed by atoms with van der Waals surface area (Å²) in [6.45, 7) is 2.51. The molecule has 0 aliphatic carbocycles. The number of carbonyl (C=O) groups is 1. The zero-order valence-corrected chi connectivity index (χ0v) is 15.1. The quantitative estimate of drug-likeness (QED) is 0.524. The first kappa shape index (κ1) is 18.8. The number of fused-ring (bicyclic) bond motifs is 2. The van der Waals surface area contributed by atoms with Crippen LogP contribution in [0.3, 0.4) is 0 Å². The van der Waals surface area contributed by atoms with Crippen LogP contribution in [0.1, 0.15) is 23.0 Å². The summed E-state index contributed by atoms with van der Waals surface area (Å²) in [5.41, 5.74) is 1.42. The Balaban J connectivity index is 1.79. The Morgan fingerprint density at radius 3 is 2.76 bits per heavy atom. The third-order valence-corrected chi connectivity index (χ3v) is 4.42. The summed E-state index contributed by atoms with van der Waals surface area (Å²) in [6.07, 6.45) is -2.34. The lowest BCUT2D eigenvalue weighted by atomic mass is 10.1. The second-order valence-corrected chi connectivity index (χ2v) is 6.47. The minimum Gasteiger partial charge on any atom is -0.440 e. The highest BCUT2D eigenvalue weighted by Crippen LogP contribution is 2.27. The van der Waals surface area contributed by atoms with Crippen LogP contribution in [0.2, 0.25) is 0 Å². The van der Waals surface area contributed by atoms with Crippen LogP contribution in [-0.2, 0) is 0 Å². The van der Waals surface area contributed by atoms with Crippen molar-refractivity contribution in [3.8, 4) is 11.3 Å². The van der Waals surface area contributed by atoms with Crippen molar-refractivity contribution in [1.29, 1.82) is 0 Å². The number of rotatable bonds is 3. The summed E-state index contributed by atoms with van der Waals surface area (Å²) >= 11 is 0. The van der Waals surface area contributed by atoms with E-state index in [0.717, 1.165) is 19.5 Å². The largest absolute Gasteiger partial charge is 0.440 e. The molecule has 29 heavy (non-hydrogen) atoms. The van der Waals surface area contributed by atoms with Gasteiger partial charge in [0.05, 0.1) is 11.9 Å². The van der Waals surface area contributed by atoms with Gasteiger partial charge in [-0.15, -0.1) is 0 Å². The second kappa shape index (κ2) is 6.54. The SMILES string of the molecule is Cc1cc(-c2cc(F)c3ocnc3c2)nc2c(C(=O)N[C@@H](C)C(F)(F)F)cnn12. The van der Waals surface area contributed by atoms with Crippen molar-refractivity contribution < 1.29 is 26.8 Å². The van der Waals surface area contributed by atoms with Crippen LogP contribution in [-0.4, -0.2) is 37.7 Å². The van der Waals surface area contributed by atoms with Crippen LogP contribution < -0.4 is 5.32 Å². The van der Waals surface area contributed by atoms with Crippen molar-refractivity contribution in [2.75, 3.05) is 0 Å². The molecule has 0 fully saturated rings. The lowest BCUT2D eigenvalue weighted by Crippen LogP contribution is -2.43. The fraction of sp³-hybridized carbons (Fsp3) is 0.222. The van der Waals surface area contributed by atoms with E-state index < -0.39 is 23.9 Å². The monoisotopic (exact) mass is 407 g/mol. The Kier molecular flexibility index (Phi) is 4.25. The number of nitrogens with one attached hydrogen (secondary N) is 1. The standard InChI is InChI=1S/C18H13F4N5O2/c1-8-3-13(10-4-12(19)15-14(5-10)23-7-29-15)26-16-11(6-24-27(8)16)17(28)25-9(2)18(20,21)22/h3-7,9H,1-2H3,(H,25,28)/t9-/m0/s1. The Bertz CT molecular complexity index is 1240. The fourth-order valence-electron chi connectivity index (χ4n) is 2.85. The van der Waals surface area contributed by atoms with E-state index >= 15 is 0 Å². The third kappa shape index (κ3) is 3.28. The first-order valence-electron chi connectivity index (χ1n) is 8.41. The zero-order valence-electron chi connectivity index (χ0n) is 15.1. The molecule has 0 aliphatic rings. The number of oxazole rings is 1. The van der Waals surface area contributed by atoms with Crippen LogP contribution in [0.15, 0.2) is 35.2 Å². The number of aryl methyl sites for hydroxylation is 1. The van der Waals surface area contributed by atoms with E-state index in [9.17, 15) is 22.4 Å². The molecule has 1 atom stereocenters. The molecular weight excluding hydrogens is 394 g/mol. The van der Waals surface area contributed by atoms with Gasteiger partial charge in [-0.1, -0.05) is 0 Å². The molecule has 3 heterocycles. The van der Waals surface area contributed by atoms with Crippen molar-refractivity contribution in [1.82, 2.24) is 24.9 Å². The van der Waals surface area contributed by atoms with E-state index in [4.69, 9.17) is 4.42 Å². The number of aromatic nitrogens is 4. The molecule has 3 aromatic heterocycles. The molecule has 0 bridgehead atoms. The van der Waals surface area contributed by atoms with E-state index in [1.165, 1.54) is 10.6 Å². The van der Waals surface area contributed by atoms with Crippen LogP contribution >= 0.6 is 0 Å². The number of carbonyl (C=O) groups excluding carboxylic acids is 1. The topological polar surface area (TPSA) is 85.3 Å². The molecule has 0 aliphatic heterocycles. The highest BCUT2D eigenvalue weighted by Gasteiger charge is 2.37. The second-order valence-electron chi connectivity index (χ2n) is 6.47. The molecule has 0 spiro atoms. The van der Waals surface area contributed by atoms with Crippen molar-refractivity contribution in [3.05, 3.63) is 47.9 Å². The van der Waals surface area contributed by atoms with Crippen LogP contribution in [0, 0.1) is 12.7 Å². The zero-order chi connectivity index (χ0) is 20.9. The van der Waals surface area contributed by atoms with Gasteiger partial charge >= 0.3 is 6.18 Å². The van der Waals surface area contributed by atoms with E-state index in [1.54, 1.807) is 19.1 Å². The van der Waals surface area contributed by atoms with Gasteiger partial charge in [0.15, 0.2) is 23.4 Å². The van der Waals surface area contributed by atoms with Crippen LogP contribution in [0.25, 0.3) is 28.0 Å². The molecule has 0 radical (unpaired) electrons. The maximum Gasteiger partial charge on any atom is 0.408 e. The molecule has 4 aromatic rings. The van der Waals surface area contributed by atoms with Crippen molar-refractivity contribution in [2.45, 2.75) is 26.1 Å². The molecular formula is C18H13F4N5O2. The first-order valence-corrected chi connectivity index (χ1v) is 8.41. The van der Waals surface area contributed by atoms with Crippen LogP contribution in [0.5, 0.6) is 0 Å². The smallest absolute Gasteiger partial charge is 0.408 e. The Hall–Kier alpha value is -3.50. The van der Waals surface area contributed by atoms with Gasteiger partial charge < -0.3 is 9.73 Å². The summed E-state index contributed by atoms with van der Waals surface area (Å²) < 4.78 is 58.8. The van der Waals surface area contributed by atoms with E-state index in [0.29, 0.717) is 17.0 Å². The van der Waals surface area contributed by atoms with Gasteiger partial charge in [-0.25, -0.2) is 18.9 Å². The van der Waals surface area contributed by atoms with Gasteiger partial charge in [0.25, 0.3) is 5.91 Å². The average Bonchev–Trinajstić information content (AvgIpc) is 3.27. The summed E-state index contributed by atoms with van der Waals surface area (Å²) in [4.78, 5) is 20.6. The highest BCUT2D eigenvalue weighted by molar-refractivity contribution is 6.00. The van der Waals surface area contributed by atoms with Gasteiger partial charge in [0.2, 0.25) is 0 Å². The number of benzene rings is 1. The number of alkyl halides is 3. The molecule has 1 aromatic carbocycles. The molecule has 11 heteroatoms. The minimum atomic E-state index is -4.59. The van der Waals surface area contributed by atoms with E-state index in [-0.39, 0.29) is 22.3 Å². The number of halogens is 4. The van der Waals surface area contributed by atoms with Gasteiger partial charge in [-0.05, 0) is 32.0 Å². The highest BCUT2D eigenvalue weighted by atomic mass is 19.4. The molecule has 1 amide bonds. The molecule has 0 saturated heterocycles. The Morgan fingerprint density at radius 1 is 1.28 bits per heavy atom. The van der Waals surface area contributed by atoms with Gasteiger partial charge in [-0.3, -0.25) is 4.79 Å². The molecule has 0 saturated carbocycles. The molecule has 7 nitrogen and oxygen atoms in total. The summed E-state index contributed by atoms with van der Waals surface area (Å²) in [5, 5.41) is 5.90. The summed E-state index contributed by atoms with van der Waals surface area (Å²) in [7, 11) is 0. The minimum absolute atomic E-state index is 0.00268. The number of amides is 1. The lowest BCUT2D eigenvalue weighted by Gasteiger charge is -2.16. The van der Waals surface area contributed by atoms with Crippen molar-refractivity contribution >= 4 is 22.7 Å². The Morgan fingerprint density at radius 2 is 2.03 bits per heavy atom. The number of hydrogen-bond donors (Lipinski definition) is 1. The summed E-state index contributed by atoms with van der Waals surface area (Å²) in [6, 6.07) is 2.33. The maximum absolute atomic E-state index is 14.2. The van der Waals surface area contributed by atoms with E-state index in [1.807, 2.05) is 5.32 Å². The van der Waals surface area contributed by atoms with E-state index in [2.05, 4.69) is 15.1 Å². The van der Waals surface area contributed by atoms with Crippen LogP contribution in [0.4, 0.5) is 17.6 Å². The number of hydrogen-bond acceptors (Lipinski definition) is 5. The third-order valence-electron chi connectivity index (χ3n) is 4.42. The molecule has 1 N–H and O–H groups in total. The lowest BCUT2D eigenvalue weighted by molar-refractivity contribution is -0.149. The van der Waals surface area contributed by atoms with Gasteiger partial charge in [-0.2, -0.15) is 18.3 Å². The van der Waals surface area contributed by atoms with Gasteiger partial charge in [0, 0.05) is 11.3 Å². The predicted octanol–water partition coefficient (Wildman–Crippen LogP) is 3.67. The molecule has 150 valence electrons. The molecule has 0 unspecified atom stereocenters. The number of nitrogens with zero attached hydrogens (tertiary/aromatic N) is 4. The normalized spacial score (nSPS) is 13.2. The molecule has 4 rings (SSSR count). The Labute approximate surface area is 160 Å². The predicted molar refractivity (Wildman–Crippen MR) is 93.7 cm³/mol. The van der Waals surface area contributed by atoms with Gasteiger partial charge in [0.1, 0.15) is 17.1 Å². The maximum atomic E-state index is 14.2. The average molecular weight is 407 g/mol. The fourth-order valence-corrected chi connectivity index (χ4v) is 2.85.